The molecule has 114 valence electrons. The van der Waals surface area contributed by atoms with Crippen molar-refractivity contribution >= 4 is 17.5 Å². The number of nitriles is 1. The second-order valence-electron chi connectivity index (χ2n) is 5.10. The molecule has 21 heavy (non-hydrogen) atoms. The third-order valence-corrected chi connectivity index (χ3v) is 2.82. The SMILES string of the molecule is CCOC(=O)c1cc(N(CCC#N)CC(C)C)ncc1N. The number of carbonyl (C=O) groups excluding carboxylic acids is 1. The maximum absolute atomic E-state index is 11.9. The predicted molar refractivity (Wildman–Crippen MR) is 81.9 cm³/mol. The molecule has 0 saturated carbocycles. The van der Waals surface area contributed by atoms with Crippen LogP contribution in [-0.2, 0) is 4.74 Å². The van der Waals surface area contributed by atoms with Crippen molar-refractivity contribution in [3.8, 4) is 6.07 Å². The molecule has 0 amide bonds. The Labute approximate surface area is 125 Å². The number of carbonyl (C=O) groups is 1. The van der Waals surface area contributed by atoms with E-state index in [0.717, 1.165) is 6.54 Å². The Morgan fingerprint density at radius 3 is 2.86 bits per heavy atom. The Balaban J connectivity index is 3.05. The summed E-state index contributed by atoms with van der Waals surface area (Å²) in [6.45, 7) is 7.52. The number of ether oxygens (including phenoxy) is 1. The largest absolute Gasteiger partial charge is 0.462 e. The lowest BCUT2D eigenvalue weighted by atomic mass is 10.1. The van der Waals surface area contributed by atoms with Crippen molar-refractivity contribution in [2.24, 2.45) is 5.92 Å². The van der Waals surface area contributed by atoms with Gasteiger partial charge in [-0.15, -0.1) is 0 Å². The summed E-state index contributed by atoms with van der Waals surface area (Å²) < 4.78 is 4.99. The summed E-state index contributed by atoms with van der Waals surface area (Å²) in [7, 11) is 0. The van der Waals surface area contributed by atoms with E-state index in [1.807, 2.05) is 4.90 Å². The van der Waals surface area contributed by atoms with Crippen LogP contribution in [0.3, 0.4) is 0 Å². The van der Waals surface area contributed by atoms with Gasteiger partial charge < -0.3 is 15.4 Å². The zero-order valence-corrected chi connectivity index (χ0v) is 12.8. The molecule has 2 N–H and O–H groups in total. The minimum absolute atomic E-state index is 0.292. The van der Waals surface area contributed by atoms with Crippen molar-refractivity contribution in [2.45, 2.75) is 27.2 Å². The first-order chi connectivity index (χ1) is 9.99. The first kappa shape index (κ1) is 16.8. The van der Waals surface area contributed by atoms with E-state index in [4.69, 9.17) is 15.7 Å². The van der Waals surface area contributed by atoms with E-state index < -0.39 is 5.97 Å². The Morgan fingerprint density at radius 1 is 1.57 bits per heavy atom. The minimum Gasteiger partial charge on any atom is -0.462 e. The van der Waals surface area contributed by atoms with Gasteiger partial charge in [0.1, 0.15) is 5.82 Å². The van der Waals surface area contributed by atoms with Crippen LogP contribution < -0.4 is 10.6 Å². The molecular weight excluding hydrogens is 268 g/mol. The van der Waals surface area contributed by atoms with Crippen LogP contribution in [-0.4, -0.2) is 30.6 Å². The second kappa shape index (κ2) is 8.10. The van der Waals surface area contributed by atoms with Crippen LogP contribution in [0.1, 0.15) is 37.6 Å². The molecule has 0 spiro atoms. The molecule has 0 fully saturated rings. The first-order valence-corrected chi connectivity index (χ1v) is 7.04. The lowest BCUT2D eigenvalue weighted by Gasteiger charge is -2.25. The topological polar surface area (TPSA) is 92.2 Å². The number of nitrogen functional groups attached to an aromatic ring is 1. The molecule has 1 aromatic rings. The maximum atomic E-state index is 11.9. The molecule has 0 aliphatic carbocycles. The predicted octanol–water partition coefficient (Wildman–Crippen LogP) is 2.22. The normalized spacial score (nSPS) is 10.2. The van der Waals surface area contributed by atoms with Gasteiger partial charge in [0, 0.05) is 13.1 Å². The molecule has 1 heterocycles. The van der Waals surface area contributed by atoms with E-state index in [9.17, 15) is 4.79 Å². The highest BCUT2D eigenvalue weighted by Crippen LogP contribution is 2.20. The maximum Gasteiger partial charge on any atom is 0.340 e. The lowest BCUT2D eigenvalue weighted by molar-refractivity contribution is 0.0527. The summed E-state index contributed by atoms with van der Waals surface area (Å²) in [5.74, 6) is 0.591. The van der Waals surface area contributed by atoms with Crippen LogP contribution in [0.2, 0.25) is 0 Å². The lowest BCUT2D eigenvalue weighted by Crippen LogP contribution is -2.29. The number of esters is 1. The molecule has 0 radical (unpaired) electrons. The van der Waals surface area contributed by atoms with Crippen molar-refractivity contribution in [3.05, 3.63) is 17.8 Å². The molecule has 0 bridgehead atoms. The highest BCUT2D eigenvalue weighted by molar-refractivity contribution is 5.95. The standard InChI is InChI=1S/C15H22N4O2/c1-4-21-15(20)12-8-14(18-9-13(12)17)19(7-5-6-16)10-11(2)3/h8-9,11H,4-5,7,10,17H2,1-3H3. The average Bonchev–Trinajstić information content (AvgIpc) is 2.44. The van der Waals surface area contributed by atoms with Crippen molar-refractivity contribution in [1.82, 2.24) is 4.98 Å². The van der Waals surface area contributed by atoms with E-state index in [2.05, 4.69) is 24.9 Å². The monoisotopic (exact) mass is 290 g/mol. The van der Waals surface area contributed by atoms with Crippen LogP contribution in [0.25, 0.3) is 0 Å². The van der Waals surface area contributed by atoms with Gasteiger partial charge in [-0.3, -0.25) is 0 Å². The van der Waals surface area contributed by atoms with Crippen molar-refractivity contribution in [3.63, 3.8) is 0 Å². The van der Waals surface area contributed by atoms with Gasteiger partial charge >= 0.3 is 5.97 Å². The van der Waals surface area contributed by atoms with E-state index in [0.29, 0.717) is 42.6 Å². The number of pyridine rings is 1. The molecule has 0 unspecified atom stereocenters. The van der Waals surface area contributed by atoms with Crippen LogP contribution in [0.5, 0.6) is 0 Å². The fraction of sp³-hybridized carbons (Fsp3) is 0.533. The van der Waals surface area contributed by atoms with Gasteiger partial charge in [-0.25, -0.2) is 9.78 Å². The first-order valence-electron chi connectivity index (χ1n) is 7.04. The summed E-state index contributed by atoms with van der Waals surface area (Å²) in [4.78, 5) is 18.1. The molecule has 1 rings (SSSR count). The smallest absolute Gasteiger partial charge is 0.340 e. The summed E-state index contributed by atoms with van der Waals surface area (Å²) >= 11 is 0. The molecule has 6 heteroatoms. The second-order valence-corrected chi connectivity index (χ2v) is 5.10. The van der Waals surface area contributed by atoms with E-state index >= 15 is 0 Å². The highest BCUT2D eigenvalue weighted by Gasteiger charge is 2.16. The highest BCUT2D eigenvalue weighted by atomic mass is 16.5. The molecule has 0 saturated heterocycles. The molecule has 0 aromatic carbocycles. The van der Waals surface area contributed by atoms with E-state index in [1.165, 1.54) is 6.20 Å². The number of rotatable bonds is 7. The molecule has 1 aromatic heterocycles. The number of nitrogens with two attached hydrogens (primary N) is 1. The van der Waals surface area contributed by atoms with Crippen LogP contribution in [0.4, 0.5) is 11.5 Å². The summed E-state index contributed by atoms with van der Waals surface area (Å²) in [5, 5.41) is 8.76. The summed E-state index contributed by atoms with van der Waals surface area (Å²) in [6, 6.07) is 3.76. The number of aromatic nitrogens is 1. The minimum atomic E-state index is -0.455. The molecule has 6 nitrogen and oxygen atoms in total. The Bertz CT molecular complexity index is 523. The van der Waals surface area contributed by atoms with Crippen LogP contribution in [0, 0.1) is 17.2 Å². The molecule has 0 atom stereocenters. The van der Waals surface area contributed by atoms with Gasteiger partial charge in [0.25, 0.3) is 0 Å². The van der Waals surface area contributed by atoms with Gasteiger partial charge in [-0.2, -0.15) is 5.26 Å². The average molecular weight is 290 g/mol. The number of anilines is 2. The van der Waals surface area contributed by atoms with Crippen LogP contribution >= 0.6 is 0 Å². The van der Waals surface area contributed by atoms with Gasteiger partial charge in [0.15, 0.2) is 0 Å². The molecule has 0 aliphatic rings. The fourth-order valence-corrected chi connectivity index (χ4v) is 1.94. The van der Waals surface area contributed by atoms with Crippen molar-refractivity contribution in [1.29, 1.82) is 5.26 Å². The van der Waals surface area contributed by atoms with Crippen LogP contribution in [0.15, 0.2) is 12.3 Å². The zero-order chi connectivity index (χ0) is 15.8. The van der Waals surface area contributed by atoms with Gasteiger partial charge in [-0.1, -0.05) is 13.8 Å². The summed E-state index contributed by atoms with van der Waals surface area (Å²) in [6.07, 6.45) is 1.86. The number of hydrogen-bond acceptors (Lipinski definition) is 6. The number of nitrogens with zero attached hydrogens (tertiary/aromatic N) is 3. The Morgan fingerprint density at radius 2 is 2.29 bits per heavy atom. The third kappa shape index (κ3) is 4.95. The van der Waals surface area contributed by atoms with Gasteiger partial charge in [0.2, 0.25) is 0 Å². The molecule has 0 aliphatic heterocycles. The third-order valence-electron chi connectivity index (χ3n) is 2.82. The fourth-order valence-electron chi connectivity index (χ4n) is 1.94. The number of hydrogen-bond donors (Lipinski definition) is 1. The van der Waals surface area contributed by atoms with E-state index in [-0.39, 0.29) is 0 Å². The quantitative estimate of drug-likeness (QED) is 0.774. The van der Waals surface area contributed by atoms with Gasteiger partial charge in [-0.05, 0) is 18.9 Å². The molecular formula is C15H22N4O2. The summed E-state index contributed by atoms with van der Waals surface area (Å²) in [5.41, 5.74) is 6.39. The van der Waals surface area contributed by atoms with Crippen molar-refractivity contribution < 1.29 is 9.53 Å². The Kier molecular flexibility index (Phi) is 6.47. The van der Waals surface area contributed by atoms with Gasteiger partial charge in [0.05, 0.1) is 36.5 Å². The Hall–Kier alpha value is -2.29. The van der Waals surface area contributed by atoms with Crippen molar-refractivity contribution in [2.75, 3.05) is 30.3 Å². The van der Waals surface area contributed by atoms with E-state index in [1.54, 1.807) is 13.0 Å². The zero-order valence-electron chi connectivity index (χ0n) is 12.8.